The Morgan fingerprint density at radius 1 is 0.966 bits per heavy atom. The van der Waals surface area contributed by atoms with Crippen molar-refractivity contribution in [3.63, 3.8) is 0 Å². The summed E-state index contributed by atoms with van der Waals surface area (Å²) in [6, 6.07) is 18.3. The number of pyridine rings is 1. The molecule has 0 aliphatic carbocycles. The molecule has 2 heterocycles. The molecule has 2 unspecified atom stereocenters. The summed E-state index contributed by atoms with van der Waals surface area (Å²) in [6.07, 6.45) is -0.410. The first-order valence-electron chi connectivity index (χ1n) is 8.76. The fourth-order valence-electron chi connectivity index (χ4n) is 3.03. The summed E-state index contributed by atoms with van der Waals surface area (Å²) in [5, 5.41) is 15.7. The lowest BCUT2D eigenvalue weighted by Gasteiger charge is -2.30. The van der Waals surface area contributed by atoms with E-state index in [4.69, 9.17) is 0 Å². The minimum atomic E-state index is -3.34. The van der Waals surface area contributed by atoms with Gasteiger partial charge < -0.3 is 5.11 Å². The molecule has 0 amide bonds. The van der Waals surface area contributed by atoms with E-state index in [9.17, 15) is 18.3 Å². The highest BCUT2D eigenvalue weighted by Crippen LogP contribution is 2.42. The molecule has 0 fully saturated rings. The molecule has 4 nitrogen and oxygen atoms in total. The number of thioether (sulfide) groups is 1. The first-order chi connectivity index (χ1) is 14.0. The summed E-state index contributed by atoms with van der Waals surface area (Å²) in [6.45, 7) is 0. The van der Waals surface area contributed by atoms with E-state index in [1.165, 1.54) is 30.6 Å². The summed E-state index contributed by atoms with van der Waals surface area (Å²) < 4.78 is 44.3. The predicted octanol–water partition coefficient (Wildman–Crippen LogP) is 4.96. The Morgan fingerprint density at radius 2 is 1.72 bits per heavy atom. The number of alkyl halides is 3. The molecule has 29 heavy (non-hydrogen) atoms. The average Bonchev–Trinajstić information content (AvgIpc) is 3.17. The maximum Gasteiger partial charge on any atom is 0.274 e. The van der Waals surface area contributed by atoms with Gasteiger partial charge in [0.15, 0.2) is 11.1 Å². The number of aliphatic hydroxyl groups is 1. The van der Waals surface area contributed by atoms with Crippen molar-refractivity contribution in [2.24, 2.45) is 0 Å². The molecule has 0 spiro atoms. The zero-order chi connectivity index (χ0) is 20.4. The van der Waals surface area contributed by atoms with E-state index < -0.39 is 17.5 Å². The van der Waals surface area contributed by atoms with Crippen molar-refractivity contribution in [1.82, 2.24) is 14.8 Å². The van der Waals surface area contributed by atoms with Crippen molar-refractivity contribution in [2.45, 2.75) is 22.6 Å². The first-order valence-corrected chi connectivity index (χ1v) is 9.64. The van der Waals surface area contributed by atoms with Gasteiger partial charge in [-0.15, -0.1) is 0 Å². The molecule has 0 aliphatic heterocycles. The number of benzene rings is 2. The molecule has 0 saturated heterocycles. The Kier molecular flexibility index (Phi) is 5.29. The molecule has 8 heteroatoms. The molecule has 0 saturated carbocycles. The Labute approximate surface area is 169 Å². The number of nitrogens with zero attached hydrogens (tertiary/aromatic N) is 3. The van der Waals surface area contributed by atoms with Crippen LogP contribution in [0.1, 0.15) is 5.56 Å². The molecule has 0 radical (unpaired) electrons. The molecule has 0 aliphatic rings. The van der Waals surface area contributed by atoms with E-state index in [1.54, 1.807) is 22.9 Å². The fraction of sp³-hybridized carbons (Fsp3) is 0.143. The predicted molar refractivity (Wildman–Crippen MR) is 106 cm³/mol. The van der Waals surface area contributed by atoms with Gasteiger partial charge in [-0.25, -0.2) is 22.8 Å². The summed E-state index contributed by atoms with van der Waals surface area (Å²) in [7, 11) is 0. The van der Waals surface area contributed by atoms with Crippen LogP contribution in [0.2, 0.25) is 0 Å². The molecule has 2 atom stereocenters. The smallest absolute Gasteiger partial charge is 0.274 e. The van der Waals surface area contributed by atoms with Gasteiger partial charge in [-0.3, -0.25) is 0 Å². The van der Waals surface area contributed by atoms with Crippen molar-refractivity contribution in [1.29, 1.82) is 0 Å². The maximum absolute atomic E-state index is 14.9. The number of hydrogen-bond donors (Lipinski definition) is 1. The Balaban J connectivity index is 1.72. The van der Waals surface area contributed by atoms with Crippen LogP contribution in [-0.2, 0) is 5.60 Å². The van der Waals surface area contributed by atoms with Crippen LogP contribution in [0, 0.1) is 0 Å². The minimum absolute atomic E-state index is 0.206. The molecule has 0 bridgehead atoms. The van der Waals surface area contributed by atoms with E-state index in [2.05, 4.69) is 10.1 Å². The van der Waals surface area contributed by atoms with Gasteiger partial charge in [-0.1, -0.05) is 42.1 Å². The number of hydrogen-bond acceptors (Lipinski definition) is 4. The van der Waals surface area contributed by atoms with Crippen LogP contribution < -0.4 is 0 Å². The second kappa shape index (κ2) is 7.88. The number of aromatic nitrogens is 3. The Hall–Kier alpha value is -2.84. The van der Waals surface area contributed by atoms with Gasteiger partial charge in [0.05, 0.1) is 22.4 Å². The van der Waals surface area contributed by atoms with Crippen LogP contribution in [0.4, 0.5) is 13.2 Å². The second-order valence-corrected chi connectivity index (χ2v) is 7.46. The number of para-hydroxylation sites is 1. The van der Waals surface area contributed by atoms with Crippen molar-refractivity contribution in [2.75, 3.05) is 0 Å². The lowest BCUT2D eigenvalue weighted by molar-refractivity contribution is -0.123. The number of fused-ring (bicyclic) bond motifs is 1. The van der Waals surface area contributed by atoms with E-state index in [0.29, 0.717) is 22.7 Å². The van der Waals surface area contributed by atoms with Crippen LogP contribution in [0.5, 0.6) is 0 Å². The Bertz CT molecular complexity index is 1110. The zero-order valence-corrected chi connectivity index (χ0v) is 15.8. The van der Waals surface area contributed by atoms with Crippen LogP contribution in [0.25, 0.3) is 16.6 Å². The number of halogens is 3. The van der Waals surface area contributed by atoms with Crippen molar-refractivity contribution >= 4 is 22.7 Å². The second-order valence-electron chi connectivity index (χ2n) is 6.39. The third kappa shape index (κ3) is 3.61. The molecule has 2 aromatic heterocycles. The molecular weight excluding hydrogens is 399 g/mol. The summed E-state index contributed by atoms with van der Waals surface area (Å²) >= 11 is 0.453. The summed E-state index contributed by atoms with van der Waals surface area (Å²) in [4.78, 5) is 3.93. The molecular formula is C21H16F3N3OS. The summed E-state index contributed by atoms with van der Waals surface area (Å²) in [5.41, 5.74) is -4.08. The highest BCUT2D eigenvalue weighted by atomic mass is 32.2. The van der Waals surface area contributed by atoms with Gasteiger partial charge >= 0.3 is 0 Å². The minimum Gasteiger partial charge on any atom is -0.376 e. The van der Waals surface area contributed by atoms with Crippen LogP contribution >= 0.6 is 11.8 Å². The van der Waals surface area contributed by atoms with E-state index in [0.717, 1.165) is 5.69 Å². The average molecular weight is 415 g/mol. The topological polar surface area (TPSA) is 50.9 Å². The van der Waals surface area contributed by atoms with Gasteiger partial charge in [-0.05, 0) is 42.0 Å². The van der Waals surface area contributed by atoms with Crippen LogP contribution in [0.3, 0.4) is 0 Å². The highest BCUT2D eigenvalue weighted by Gasteiger charge is 2.48. The molecule has 148 valence electrons. The van der Waals surface area contributed by atoms with Gasteiger partial charge in [0, 0.05) is 11.6 Å². The molecule has 2 aromatic carbocycles. The van der Waals surface area contributed by atoms with E-state index in [-0.39, 0.29) is 10.6 Å². The largest absolute Gasteiger partial charge is 0.376 e. The van der Waals surface area contributed by atoms with Crippen molar-refractivity contribution in [3.8, 4) is 5.69 Å². The fourth-order valence-corrected chi connectivity index (χ4v) is 3.94. The normalized spacial score (nSPS) is 14.8. The van der Waals surface area contributed by atoms with Gasteiger partial charge in [0.2, 0.25) is 0 Å². The van der Waals surface area contributed by atoms with E-state index >= 15 is 0 Å². The zero-order valence-electron chi connectivity index (χ0n) is 15.0. The third-order valence-corrected chi connectivity index (χ3v) is 5.62. The SMILES string of the molecule is OC(c1ccc2c(cnn2-c2ccccc2)c1)(C(F)F)C(F)Sc1ccccn1. The third-order valence-electron chi connectivity index (χ3n) is 4.57. The van der Waals surface area contributed by atoms with Crippen molar-refractivity contribution < 1.29 is 18.3 Å². The van der Waals surface area contributed by atoms with E-state index in [1.807, 2.05) is 30.3 Å². The highest BCUT2D eigenvalue weighted by molar-refractivity contribution is 7.99. The molecule has 4 aromatic rings. The van der Waals surface area contributed by atoms with Crippen molar-refractivity contribution in [3.05, 3.63) is 84.7 Å². The number of rotatable bonds is 6. The summed E-state index contributed by atoms with van der Waals surface area (Å²) in [5.74, 6) is 0. The monoisotopic (exact) mass is 415 g/mol. The standard InChI is InChI=1S/C21H16F3N3OS/c22-19(23)21(28,20(24)29-18-8-4-5-11-25-18)15-9-10-17-14(12-15)13-26-27(17)16-6-2-1-3-7-16/h1-13,19-20,28H. The van der Waals surface area contributed by atoms with Gasteiger partial charge in [0.25, 0.3) is 6.43 Å². The lowest BCUT2D eigenvalue weighted by atomic mass is 9.94. The quantitative estimate of drug-likeness (QED) is 0.452. The van der Waals surface area contributed by atoms with Crippen LogP contribution in [-0.4, -0.2) is 31.8 Å². The Morgan fingerprint density at radius 3 is 2.41 bits per heavy atom. The maximum atomic E-state index is 14.9. The van der Waals surface area contributed by atoms with Gasteiger partial charge in [0.1, 0.15) is 0 Å². The first kappa shape index (κ1) is 19.5. The molecule has 4 rings (SSSR count). The lowest BCUT2D eigenvalue weighted by Crippen LogP contribution is -2.42. The van der Waals surface area contributed by atoms with Gasteiger partial charge in [-0.2, -0.15) is 5.10 Å². The van der Waals surface area contributed by atoms with Crippen LogP contribution in [0.15, 0.2) is 84.1 Å². The molecule has 1 N–H and O–H groups in total.